The van der Waals surface area contributed by atoms with E-state index in [1.807, 2.05) is 0 Å². The minimum absolute atomic E-state index is 0.0148. The zero-order valence-electron chi connectivity index (χ0n) is 10.1. The number of nitro groups is 1. The Hall–Kier alpha value is -2.11. The second-order valence-corrected chi connectivity index (χ2v) is 4.39. The highest BCUT2D eigenvalue weighted by atomic mass is 16.6. The zero-order chi connectivity index (χ0) is 13.1. The summed E-state index contributed by atoms with van der Waals surface area (Å²) < 4.78 is 0. The first-order valence-corrected chi connectivity index (χ1v) is 5.87. The number of aryl methyl sites for hydroxylation is 1. The van der Waals surface area contributed by atoms with Crippen LogP contribution in [-0.2, 0) is 4.79 Å². The molecule has 2 rings (SSSR count). The number of amides is 1. The molecule has 1 atom stereocenters. The Bertz CT molecular complexity index is 487. The number of carbonyl (C=O) groups excluding carboxylic acids is 1. The Balaban J connectivity index is 2.14. The third-order valence-electron chi connectivity index (χ3n) is 3.04. The first-order chi connectivity index (χ1) is 8.58. The zero-order valence-corrected chi connectivity index (χ0v) is 10.1. The topological polar surface area (TPSA) is 84.3 Å². The summed E-state index contributed by atoms with van der Waals surface area (Å²) >= 11 is 0. The van der Waals surface area contributed by atoms with E-state index >= 15 is 0 Å². The predicted molar refractivity (Wildman–Crippen MR) is 67.5 cm³/mol. The van der Waals surface area contributed by atoms with Crippen LogP contribution in [0.2, 0.25) is 0 Å². The lowest BCUT2D eigenvalue weighted by molar-refractivity contribution is -0.384. The largest absolute Gasteiger partial charge is 0.373 e. The van der Waals surface area contributed by atoms with E-state index in [2.05, 4.69) is 10.6 Å². The van der Waals surface area contributed by atoms with Gasteiger partial charge in [-0.05, 0) is 31.4 Å². The monoisotopic (exact) mass is 249 g/mol. The lowest BCUT2D eigenvalue weighted by atomic mass is 10.1. The number of nitrogens with one attached hydrogen (secondary N) is 2. The Labute approximate surface area is 105 Å². The Morgan fingerprint density at radius 1 is 1.50 bits per heavy atom. The first-order valence-electron chi connectivity index (χ1n) is 5.87. The molecule has 1 aliphatic heterocycles. The van der Waals surface area contributed by atoms with Crippen molar-refractivity contribution in [3.63, 3.8) is 0 Å². The van der Waals surface area contributed by atoms with Gasteiger partial charge in [-0.3, -0.25) is 14.9 Å². The molecule has 6 heteroatoms. The first kappa shape index (κ1) is 12.3. The molecule has 0 aliphatic carbocycles. The average molecular weight is 249 g/mol. The van der Waals surface area contributed by atoms with Crippen LogP contribution >= 0.6 is 0 Å². The normalized spacial score (nSPS) is 19.2. The molecule has 2 N–H and O–H groups in total. The van der Waals surface area contributed by atoms with Crippen molar-refractivity contribution in [1.82, 2.24) is 5.32 Å². The maximum atomic E-state index is 11.6. The van der Waals surface area contributed by atoms with Gasteiger partial charge < -0.3 is 10.6 Å². The van der Waals surface area contributed by atoms with Crippen LogP contribution in [0.25, 0.3) is 0 Å². The van der Waals surface area contributed by atoms with Gasteiger partial charge in [-0.25, -0.2) is 0 Å². The summed E-state index contributed by atoms with van der Waals surface area (Å²) in [5.74, 6) is -0.0148. The third-order valence-corrected chi connectivity index (χ3v) is 3.04. The number of hydrogen-bond acceptors (Lipinski definition) is 4. The van der Waals surface area contributed by atoms with Crippen molar-refractivity contribution in [2.24, 2.45) is 0 Å². The van der Waals surface area contributed by atoms with E-state index in [1.165, 1.54) is 12.1 Å². The molecule has 1 unspecified atom stereocenters. The van der Waals surface area contributed by atoms with Crippen molar-refractivity contribution in [3.8, 4) is 0 Å². The van der Waals surface area contributed by atoms with Gasteiger partial charge in [0.1, 0.15) is 6.04 Å². The molecule has 1 amide bonds. The number of rotatable bonds is 3. The van der Waals surface area contributed by atoms with E-state index in [0.717, 1.165) is 30.6 Å². The third kappa shape index (κ3) is 2.58. The summed E-state index contributed by atoms with van der Waals surface area (Å²) in [5.41, 5.74) is 1.59. The van der Waals surface area contributed by atoms with E-state index in [1.54, 1.807) is 13.0 Å². The van der Waals surface area contributed by atoms with Crippen LogP contribution in [0.4, 0.5) is 11.4 Å². The molecule has 0 saturated carbocycles. The summed E-state index contributed by atoms with van der Waals surface area (Å²) in [6.45, 7) is 2.51. The van der Waals surface area contributed by atoms with Gasteiger partial charge in [-0.15, -0.1) is 0 Å². The van der Waals surface area contributed by atoms with Crippen LogP contribution in [0.3, 0.4) is 0 Å². The standard InChI is InChI=1S/C12H15N3O3/c1-8-7-9(15(17)18)4-5-10(8)14-11-3-2-6-13-12(11)16/h4-5,7,11,14H,2-3,6H2,1H3,(H,13,16). The van der Waals surface area contributed by atoms with Crippen LogP contribution in [0, 0.1) is 17.0 Å². The maximum Gasteiger partial charge on any atom is 0.269 e. The van der Waals surface area contributed by atoms with E-state index < -0.39 is 4.92 Å². The van der Waals surface area contributed by atoms with Gasteiger partial charge in [0.2, 0.25) is 5.91 Å². The summed E-state index contributed by atoms with van der Waals surface area (Å²) in [6, 6.07) is 4.34. The smallest absolute Gasteiger partial charge is 0.269 e. The molecule has 6 nitrogen and oxygen atoms in total. The molecule has 1 saturated heterocycles. The van der Waals surface area contributed by atoms with E-state index in [9.17, 15) is 14.9 Å². The number of anilines is 1. The molecule has 1 aliphatic rings. The van der Waals surface area contributed by atoms with Gasteiger partial charge in [0.15, 0.2) is 0 Å². The molecule has 1 aromatic carbocycles. The highest BCUT2D eigenvalue weighted by Crippen LogP contribution is 2.22. The molecule has 0 aromatic heterocycles. The summed E-state index contributed by atoms with van der Waals surface area (Å²) in [6.07, 6.45) is 1.72. The molecular weight excluding hydrogens is 234 g/mol. The molecule has 18 heavy (non-hydrogen) atoms. The summed E-state index contributed by atoms with van der Waals surface area (Å²) in [4.78, 5) is 21.8. The quantitative estimate of drug-likeness (QED) is 0.629. The molecule has 1 fully saturated rings. The average Bonchev–Trinajstić information content (AvgIpc) is 2.34. The van der Waals surface area contributed by atoms with E-state index in [0.29, 0.717) is 0 Å². The minimum atomic E-state index is -0.426. The van der Waals surface area contributed by atoms with E-state index in [-0.39, 0.29) is 17.6 Å². The fourth-order valence-electron chi connectivity index (χ4n) is 2.02. The van der Waals surface area contributed by atoms with Gasteiger partial charge in [-0.2, -0.15) is 0 Å². The van der Waals surface area contributed by atoms with Crippen LogP contribution in [-0.4, -0.2) is 23.4 Å². The number of nitrogens with zero attached hydrogens (tertiary/aromatic N) is 1. The van der Waals surface area contributed by atoms with Crippen LogP contribution in [0.1, 0.15) is 18.4 Å². The fraction of sp³-hybridized carbons (Fsp3) is 0.417. The number of carbonyl (C=O) groups is 1. The van der Waals surface area contributed by atoms with Gasteiger partial charge in [-0.1, -0.05) is 0 Å². The van der Waals surface area contributed by atoms with Crippen molar-refractivity contribution >= 4 is 17.3 Å². The van der Waals surface area contributed by atoms with Gasteiger partial charge in [0, 0.05) is 24.4 Å². The van der Waals surface area contributed by atoms with Crippen molar-refractivity contribution in [2.45, 2.75) is 25.8 Å². The fourth-order valence-corrected chi connectivity index (χ4v) is 2.02. The molecule has 1 aromatic rings. The van der Waals surface area contributed by atoms with Gasteiger partial charge in [0.25, 0.3) is 5.69 Å². The molecule has 1 heterocycles. The van der Waals surface area contributed by atoms with Crippen molar-refractivity contribution in [2.75, 3.05) is 11.9 Å². The van der Waals surface area contributed by atoms with Crippen LogP contribution in [0.5, 0.6) is 0 Å². The number of nitro benzene ring substituents is 1. The number of non-ortho nitro benzene ring substituents is 1. The second-order valence-electron chi connectivity index (χ2n) is 4.39. The second kappa shape index (κ2) is 5.03. The lowest BCUT2D eigenvalue weighted by Gasteiger charge is -2.24. The molecule has 0 radical (unpaired) electrons. The Morgan fingerprint density at radius 3 is 2.89 bits per heavy atom. The maximum absolute atomic E-state index is 11.6. The number of hydrogen-bond donors (Lipinski definition) is 2. The number of piperidine rings is 1. The highest BCUT2D eigenvalue weighted by Gasteiger charge is 2.22. The molecule has 96 valence electrons. The highest BCUT2D eigenvalue weighted by molar-refractivity contribution is 5.85. The van der Waals surface area contributed by atoms with Crippen molar-refractivity contribution in [1.29, 1.82) is 0 Å². The lowest BCUT2D eigenvalue weighted by Crippen LogP contribution is -2.44. The van der Waals surface area contributed by atoms with Gasteiger partial charge >= 0.3 is 0 Å². The Morgan fingerprint density at radius 2 is 2.28 bits per heavy atom. The van der Waals surface area contributed by atoms with Crippen molar-refractivity contribution < 1.29 is 9.72 Å². The molecule has 0 bridgehead atoms. The minimum Gasteiger partial charge on any atom is -0.373 e. The molecular formula is C12H15N3O3. The molecule has 0 spiro atoms. The van der Waals surface area contributed by atoms with E-state index in [4.69, 9.17) is 0 Å². The van der Waals surface area contributed by atoms with Crippen LogP contribution in [0.15, 0.2) is 18.2 Å². The summed E-state index contributed by atoms with van der Waals surface area (Å²) in [7, 11) is 0. The Kier molecular flexibility index (Phi) is 3.45. The summed E-state index contributed by atoms with van der Waals surface area (Å²) in [5, 5.41) is 16.5. The van der Waals surface area contributed by atoms with Crippen LogP contribution < -0.4 is 10.6 Å². The van der Waals surface area contributed by atoms with Gasteiger partial charge in [0.05, 0.1) is 4.92 Å². The number of benzene rings is 1. The predicted octanol–water partition coefficient (Wildman–Crippen LogP) is 1.59. The van der Waals surface area contributed by atoms with Crippen molar-refractivity contribution in [3.05, 3.63) is 33.9 Å². The SMILES string of the molecule is Cc1cc([N+](=O)[O-])ccc1NC1CCCNC1=O.